The average molecular weight is 250 g/mol. The first-order chi connectivity index (χ1) is 8.20. The first-order valence-corrected chi connectivity index (χ1v) is 7.50. The molecule has 1 aliphatic rings. The molecule has 1 fully saturated rings. The second-order valence-corrected chi connectivity index (χ2v) is 6.26. The van der Waals surface area contributed by atoms with Crippen LogP contribution >= 0.6 is 11.8 Å². The summed E-state index contributed by atoms with van der Waals surface area (Å²) < 4.78 is 0. The van der Waals surface area contributed by atoms with Gasteiger partial charge in [-0.3, -0.25) is 0 Å². The maximum absolute atomic E-state index is 5.84. The van der Waals surface area contributed by atoms with Crippen molar-refractivity contribution in [3.8, 4) is 0 Å². The molecule has 1 saturated carbocycles. The molecule has 94 valence electrons. The second kappa shape index (κ2) is 5.67. The van der Waals surface area contributed by atoms with Gasteiger partial charge in [0, 0.05) is 22.7 Å². The molecule has 1 aliphatic carbocycles. The standard InChI is InChI=1S/C14H22N2S/c1-3-17-14-6-4-5-13(14)16-11-7-8-12(15)10(2)9-11/h7-9,13-14,16H,3-6,15H2,1-2H3. The van der Waals surface area contributed by atoms with Crippen LogP contribution in [0.2, 0.25) is 0 Å². The number of benzene rings is 1. The highest BCUT2D eigenvalue weighted by atomic mass is 32.2. The number of hydrogen-bond donors (Lipinski definition) is 2. The van der Waals surface area contributed by atoms with E-state index in [1.165, 1.54) is 30.7 Å². The fourth-order valence-corrected chi connectivity index (χ4v) is 3.68. The van der Waals surface area contributed by atoms with Gasteiger partial charge in [-0.05, 0) is 49.3 Å². The quantitative estimate of drug-likeness (QED) is 0.801. The molecule has 1 aromatic rings. The zero-order valence-electron chi connectivity index (χ0n) is 10.7. The molecule has 0 bridgehead atoms. The Morgan fingerprint density at radius 2 is 2.24 bits per heavy atom. The number of anilines is 2. The molecular formula is C14H22N2S. The minimum Gasteiger partial charge on any atom is -0.399 e. The van der Waals surface area contributed by atoms with Crippen molar-refractivity contribution in [2.45, 2.75) is 44.4 Å². The number of thioether (sulfide) groups is 1. The summed E-state index contributed by atoms with van der Waals surface area (Å²) in [5.41, 5.74) is 9.09. The maximum Gasteiger partial charge on any atom is 0.0380 e. The normalized spacial score (nSPS) is 23.9. The predicted octanol–water partition coefficient (Wildman–Crippen LogP) is 3.66. The van der Waals surface area contributed by atoms with E-state index in [1.54, 1.807) is 0 Å². The van der Waals surface area contributed by atoms with Crippen LogP contribution < -0.4 is 11.1 Å². The topological polar surface area (TPSA) is 38.0 Å². The van der Waals surface area contributed by atoms with Gasteiger partial charge in [0.2, 0.25) is 0 Å². The van der Waals surface area contributed by atoms with Crippen LogP contribution in [0.1, 0.15) is 31.7 Å². The van der Waals surface area contributed by atoms with E-state index in [1.807, 2.05) is 6.07 Å². The largest absolute Gasteiger partial charge is 0.399 e. The summed E-state index contributed by atoms with van der Waals surface area (Å²) >= 11 is 2.09. The zero-order valence-corrected chi connectivity index (χ0v) is 11.5. The van der Waals surface area contributed by atoms with E-state index in [0.29, 0.717) is 6.04 Å². The van der Waals surface area contributed by atoms with Crippen LogP contribution in [0.4, 0.5) is 11.4 Å². The minimum absolute atomic E-state index is 0.628. The third kappa shape index (κ3) is 3.09. The summed E-state index contributed by atoms with van der Waals surface area (Å²) in [5, 5.41) is 4.44. The number of rotatable bonds is 4. The lowest BCUT2D eigenvalue weighted by Crippen LogP contribution is -2.26. The Hall–Kier alpha value is -0.830. The minimum atomic E-state index is 0.628. The number of hydrogen-bond acceptors (Lipinski definition) is 3. The van der Waals surface area contributed by atoms with E-state index in [9.17, 15) is 0 Å². The molecule has 0 heterocycles. The molecule has 17 heavy (non-hydrogen) atoms. The zero-order chi connectivity index (χ0) is 12.3. The van der Waals surface area contributed by atoms with Gasteiger partial charge in [0.15, 0.2) is 0 Å². The van der Waals surface area contributed by atoms with Gasteiger partial charge in [0.1, 0.15) is 0 Å². The molecule has 2 rings (SSSR count). The van der Waals surface area contributed by atoms with Crippen molar-refractivity contribution in [3.63, 3.8) is 0 Å². The lowest BCUT2D eigenvalue weighted by molar-refractivity contribution is 0.768. The summed E-state index contributed by atoms with van der Waals surface area (Å²) in [6, 6.07) is 6.87. The van der Waals surface area contributed by atoms with Gasteiger partial charge in [0.05, 0.1) is 0 Å². The highest BCUT2D eigenvalue weighted by Crippen LogP contribution is 2.32. The molecule has 0 radical (unpaired) electrons. The van der Waals surface area contributed by atoms with Crippen LogP contribution in [0.25, 0.3) is 0 Å². The van der Waals surface area contributed by atoms with Gasteiger partial charge in [-0.1, -0.05) is 13.3 Å². The first-order valence-electron chi connectivity index (χ1n) is 6.45. The molecule has 3 N–H and O–H groups in total. The Kier molecular flexibility index (Phi) is 4.21. The lowest BCUT2D eigenvalue weighted by Gasteiger charge is -2.21. The number of nitrogen functional groups attached to an aromatic ring is 1. The van der Waals surface area contributed by atoms with Gasteiger partial charge in [-0.25, -0.2) is 0 Å². The van der Waals surface area contributed by atoms with Crippen LogP contribution in [-0.4, -0.2) is 17.0 Å². The van der Waals surface area contributed by atoms with Crippen molar-refractivity contribution in [3.05, 3.63) is 23.8 Å². The summed E-state index contributed by atoms with van der Waals surface area (Å²) in [7, 11) is 0. The molecule has 0 aliphatic heterocycles. The third-order valence-electron chi connectivity index (χ3n) is 3.46. The van der Waals surface area contributed by atoms with Crippen molar-refractivity contribution < 1.29 is 0 Å². The number of nitrogens with one attached hydrogen (secondary N) is 1. The smallest absolute Gasteiger partial charge is 0.0380 e. The predicted molar refractivity (Wildman–Crippen MR) is 78.8 cm³/mol. The van der Waals surface area contributed by atoms with Crippen molar-refractivity contribution in [2.75, 3.05) is 16.8 Å². The summed E-state index contributed by atoms with van der Waals surface area (Å²) in [6.45, 7) is 4.31. The average Bonchev–Trinajstić information content (AvgIpc) is 2.72. The van der Waals surface area contributed by atoms with Crippen molar-refractivity contribution in [2.24, 2.45) is 0 Å². The van der Waals surface area contributed by atoms with E-state index in [-0.39, 0.29) is 0 Å². The molecule has 2 unspecified atom stereocenters. The highest BCUT2D eigenvalue weighted by Gasteiger charge is 2.26. The fourth-order valence-electron chi connectivity index (χ4n) is 2.48. The van der Waals surface area contributed by atoms with Crippen LogP contribution in [0.15, 0.2) is 18.2 Å². The van der Waals surface area contributed by atoms with E-state index in [2.05, 4.69) is 43.1 Å². The highest BCUT2D eigenvalue weighted by molar-refractivity contribution is 7.99. The van der Waals surface area contributed by atoms with Crippen molar-refractivity contribution in [1.29, 1.82) is 0 Å². The van der Waals surface area contributed by atoms with Crippen LogP contribution in [0.5, 0.6) is 0 Å². The van der Waals surface area contributed by atoms with E-state index >= 15 is 0 Å². The van der Waals surface area contributed by atoms with Crippen molar-refractivity contribution in [1.82, 2.24) is 0 Å². The van der Waals surface area contributed by atoms with Gasteiger partial charge in [0.25, 0.3) is 0 Å². The molecule has 2 nitrogen and oxygen atoms in total. The molecule has 3 heteroatoms. The number of aryl methyl sites for hydroxylation is 1. The Labute approximate surface area is 108 Å². The first kappa shape index (κ1) is 12.6. The Balaban J connectivity index is 2.02. The van der Waals surface area contributed by atoms with E-state index < -0.39 is 0 Å². The third-order valence-corrected chi connectivity index (χ3v) is 4.78. The summed E-state index contributed by atoms with van der Waals surface area (Å²) in [5.74, 6) is 1.21. The molecule has 2 atom stereocenters. The summed E-state index contributed by atoms with van der Waals surface area (Å²) in [6.07, 6.45) is 3.99. The van der Waals surface area contributed by atoms with Crippen molar-refractivity contribution >= 4 is 23.1 Å². The monoisotopic (exact) mass is 250 g/mol. The van der Waals surface area contributed by atoms with Gasteiger partial charge in [-0.15, -0.1) is 0 Å². The Bertz CT molecular complexity index is 378. The molecular weight excluding hydrogens is 228 g/mol. The Morgan fingerprint density at radius 1 is 1.41 bits per heavy atom. The molecule has 1 aromatic carbocycles. The Morgan fingerprint density at radius 3 is 2.94 bits per heavy atom. The molecule has 0 aromatic heterocycles. The molecule has 0 spiro atoms. The van der Waals surface area contributed by atoms with E-state index in [4.69, 9.17) is 5.73 Å². The van der Waals surface area contributed by atoms with E-state index in [0.717, 1.165) is 16.5 Å². The van der Waals surface area contributed by atoms with Gasteiger partial charge >= 0.3 is 0 Å². The maximum atomic E-state index is 5.84. The van der Waals surface area contributed by atoms with Crippen LogP contribution in [-0.2, 0) is 0 Å². The SMILES string of the molecule is CCSC1CCCC1Nc1ccc(N)c(C)c1. The van der Waals surface area contributed by atoms with Crippen LogP contribution in [0.3, 0.4) is 0 Å². The number of nitrogens with two attached hydrogens (primary N) is 1. The van der Waals surface area contributed by atoms with Crippen LogP contribution in [0, 0.1) is 6.92 Å². The lowest BCUT2D eigenvalue weighted by atomic mass is 10.1. The second-order valence-electron chi connectivity index (χ2n) is 4.75. The fraction of sp³-hybridized carbons (Fsp3) is 0.571. The summed E-state index contributed by atoms with van der Waals surface area (Å²) in [4.78, 5) is 0. The van der Waals surface area contributed by atoms with Gasteiger partial charge in [-0.2, -0.15) is 11.8 Å². The molecule has 0 amide bonds. The van der Waals surface area contributed by atoms with Gasteiger partial charge < -0.3 is 11.1 Å². The molecule has 0 saturated heterocycles.